The van der Waals surface area contributed by atoms with E-state index < -0.39 is 0 Å². The summed E-state index contributed by atoms with van der Waals surface area (Å²) < 4.78 is 22.0. The van der Waals surface area contributed by atoms with Crippen LogP contribution in [-0.4, -0.2) is 24.6 Å². The third-order valence-electron chi connectivity index (χ3n) is 5.29. The van der Waals surface area contributed by atoms with Crippen molar-refractivity contribution in [1.29, 1.82) is 0 Å². The van der Waals surface area contributed by atoms with Crippen LogP contribution in [0, 0.1) is 12.7 Å². The van der Waals surface area contributed by atoms with Crippen molar-refractivity contribution in [3.05, 3.63) is 77.5 Å². The minimum atomic E-state index is -0.259. The fourth-order valence-corrected chi connectivity index (χ4v) is 3.83. The average molecular weight is 386 g/mol. The first-order valence-corrected chi connectivity index (χ1v) is 9.25. The van der Waals surface area contributed by atoms with Crippen LogP contribution in [0.5, 0.6) is 5.75 Å². The van der Waals surface area contributed by atoms with Crippen molar-refractivity contribution < 1.29 is 9.13 Å². The number of nitrogens with zero attached hydrogens (tertiary/aromatic N) is 5. The van der Waals surface area contributed by atoms with Gasteiger partial charge in [-0.3, -0.25) is 9.38 Å². The monoisotopic (exact) mass is 386 g/mol. The van der Waals surface area contributed by atoms with Crippen LogP contribution in [0.1, 0.15) is 22.7 Å². The Labute approximate surface area is 164 Å². The van der Waals surface area contributed by atoms with Crippen LogP contribution in [0.2, 0.25) is 0 Å². The van der Waals surface area contributed by atoms with Crippen LogP contribution in [0.4, 0.5) is 10.3 Å². The Balaban J connectivity index is 1.36. The Morgan fingerprint density at radius 2 is 2.17 bits per heavy atom. The van der Waals surface area contributed by atoms with Crippen molar-refractivity contribution in [3.8, 4) is 16.9 Å². The van der Waals surface area contributed by atoms with Gasteiger partial charge in [0.15, 0.2) is 5.65 Å². The van der Waals surface area contributed by atoms with Gasteiger partial charge in [0.1, 0.15) is 23.7 Å². The lowest BCUT2D eigenvalue weighted by Crippen LogP contribution is -2.10. The third kappa shape index (κ3) is 2.49. The lowest BCUT2D eigenvalue weighted by atomic mass is 10.0. The molecule has 1 aliphatic heterocycles. The Hall–Kier alpha value is -3.81. The van der Waals surface area contributed by atoms with Gasteiger partial charge in [-0.05, 0) is 42.8 Å². The first-order chi connectivity index (χ1) is 14.2. The summed E-state index contributed by atoms with van der Waals surface area (Å²) in [5.74, 6) is 2.03. The van der Waals surface area contributed by atoms with E-state index in [2.05, 4.69) is 25.5 Å². The smallest absolute Gasteiger partial charge is 0.210 e. The zero-order valence-electron chi connectivity index (χ0n) is 15.4. The van der Waals surface area contributed by atoms with Gasteiger partial charge in [-0.2, -0.15) is 0 Å². The predicted molar refractivity (Wildman–Crippen MR) is 104 cm³/mol. The minimum Gasteiger partial charge on any atom is -0.461 e. The number of nitrogens with one attached hydrogen (secondary N) is 1. The van der Waals surface area contributed by atoms with E-state index in [1.54, 1.807) is 29.2 Å². The zero-order chi connectivity index (χ0) is 19.5. The Morgan fingerprint density at radius 1 is 1.24 bits per heavy atom. The molecule has 0 amide bonds. The number of anilines is 1. The Bertz CT molecular complexity index is 1330. The van der Waals surface area contributed by atoms with Gasteiger partial charge in [0.05, 0.1) is 5.92 Å². The highest BCUT2D eigenvalue weighted by molar-refractivity contribution is 5.77. The van der Waals surface area contributed by atoms with Crippen molar-refractivity contribution in [2.24, 2.45) is 0 Å². The molecule has 0 fully saturated rings. The zero-order valence-corrected chi connectivity index (χ0v) is 15.4. The first kappa shape index (κ1) is 16.2. The number of hydrogen-bond acceptors (Lipinski definition) is 6. The summed E-state index contributed by atoms with van der Waals surface area (Å²) in [4.78, 5) is 8.77. The maximum Gasteiger partial charge on any atom is 0.210 e. The van der Waals surface area contributed by atoms with E-state index in [-0.39, 0.29) is 18.3 Å². The third-order valence-corrected chi connectivity index (χ3v) is 5.29. The fraction of sp³-hybridized carbons (Fsp3) is 0.143. The highest BCUT2D eigenvalue weighted by Gasteiger charge is 2.41. The number of halogens is 1. The highest BCUT2D eigenvalue weighted by atomic mass is 19.1. The summed E-state index contributed by atoms with van der Waals surface area (Å²) in [7, 11) is 0. The van der Waals surface area contributed by atoms with Crippen molar-refractivity contribution in [1.82, 2.24) is 24.6 Å². The van der Waals surface area contributed by atoms with Crippen LogP contribution in [0.15, 0.2) is 54.8 Å². The predicted octanol–water partition coefficient (Wildman–Crippen LogP) is 3.62. The summed E-state index contributed by atoms with van der Waals surface area (Å²) >= 11 is 0. The first-order valence-electron chi connectivity index (χ1n) is 9.25. The molecule has 29 heavy (non-hydrogen) atoms. The summed E-state index contributed by atoms with van der Waals surface area (Å²) in [6, 6.07) is 7.01. The molecule has 8 heteroatoms. The topological polar surface area (TPSA) is 77.2 Å². The number of aromatic nitrogens is 5. The van der Waals surface area contributed by atoms with Crippen LogP contribution in [0.3, 0.4) is 0 Å². The maximum absolute atomic E-state index is 14.5. The van der Waals surface area contributed by atoms with Gasteiger partial charge in [0.2, 0.25) is 5.95 Å². The van der Waals surface area contributed by atoms with Gasteiger partial charge in [0.25, 0.3) is 0 Å². The molecule has 1 aromatic carbocycles. The molecule has 3 aromatic heterocycles. The summed E-state index contributed by atoms with van der Waals surface area (Å²) in [5.41, 5.74) is 4.88. The van der Waals surface area contributed by atoms with Crippen molar-refractivity contribution in [2.75, 3.05) is 5.32 Å². The molecular formula is C21H15FN6O. The molecule has 142 valence electrons. The molecule has 1 aliphatic carbocycles. The van der Waals surface area contributed by atoms with Crippen molar-refractivity contribution in [2.45, 2.75) is 19.4 Å². The minimum absolute atomic E-state index is 0.109. The molecule has 0 radical (unpaired) electrons. The van der Waals surface area contributed by atoms with E-state index in [1.165, 1.54) is 6.07 Å². The number of pyridine rings is 1. The van der Waals surface area contributed by atoms with Crippen LogP contribution >= 0.6 is 0 Å². The molecule has 1 atom stereocenters. The highest BCUT2D eigenvalue weighted by Crippen LogP contribution is 2.52. The molecule has 4 heterocycles. The van der Waals surface area contributed by atoms with E-state index in [9.17, 15) is 4.39 Å². The number of ether oxygens (including phenoxy) is 1. The standard InChI is InChI=1S/C21H15FN6O/c1-11-6-12(4-5-23-11)14-8-24-21(28-10-26-27-20(14)28)25-9-15-16(22)2-3-17-19(15)13-7-18(13)29-17/h2-8,10,13H,9H2,1H3,(H,24,25)/t13-/m0/s1. The van der Waals surface area contributed by atoms with Gasteiger partial charge < -0.3 is 10.1 Å². The Kier molecular flexibility index (Phi) is 3.26. The van der Waals surface area contributed by atoms with Crippen LogP contribution in [-0.2, 0) is 6.54 Å². The van der Waals surface area contributed by atoms with E-state index in [0.717, 1.165) is 33.9 Å². The molecule has 0 saturated carbocycles. The maximum atomic E-state index is 14.5. The van der Waals surface area contributed by atoms with Gasteiger partial charge in [0, 0.05) is 41.3 Å². The van der Waals surface area contributed by atoms with Crippen molar-refractivity contribution in [3.63, 3.8) is 0 Å². The molecular weight excluding hydrogens is 371 g/mol. The van der Waals surface area contributed by atoms with Gasteiger partial charge in [-0.1, -0.05) is 0 Å². The Morgan fingerprint density at radius 3 is 3.07 bits per heavy atom. The number of aryl methyl sites for hydroxylation is 1. The lowest BCUT2D eigenvalue weighted by molar-refractivity contribution is 0.466. The molecule has 7 nitrogen and oxygen atoms in total. The molecule has 0 saturated heterocycles. The molecule has 4 aromatic rings. The SMILES string of the molecule is Cc1cc(-c2cnc(NCc3c(F)ccc4c3[C@H]3C=C3O4)n3cnnc23)ccn1. The van der Waals surface area contributed by atoms with Crippen LogP contribution in [0.25, 0.3) is 16.8 Å². The van der Waals surface area contributed by atoms with E-state index in [0.29, 0.717) is 17.2 Å². The molecule has 0 bridgehead atoms. The van der Waals surface area contributed by atoms with Crippen LogP contribution < -0.4 is 10.1 Å². The van der Waals surface area contributed by atoms with E-state index >= 15 is 0 Å². The van der Waals surface area contributed by atoms with Gasteiger partial charge in [-0.25, -0.2) is 9.37 Å². The van der Waals surface area contributed by atoms with Gasteiger partial charge >= 0.3 is 0 Å². The van der Waals surface area contributed by atoms with E-state index in [1.807, 2.05) is 25.1 Å². The number of fused-ring (bicyclic) bond motifs is 4. The lowest BCUT2D eigenvalue weighted by Gasteiger charge is -2.13. The molecule has 2 aliphatic rings. The number of hydrogen-bond donors (Lipinski definition) is 1. The number of benzene rings is 1. The normalized spacial score (nSPS) is 16.2. The average Bonchev–Trinajstić information content (AvgIpc) is 3.14. The molecule has 1 N–H and O–H groups in total. The second-order valence-electron chi connectivity index (χ2n) is 7.15. The largest absolute Gasteiger partial charge is 0.461 e. The summed E-state index contributed by atoms with van der Waals surface area (Å²) in [6.07, 6.45) is 7.09. The second-order valence-corrected chi connectivity index (χ2v) is 7.15. The van der Waals surface area contributed by atoms with E-state index in [4.69, 9.17) is 4.74 Å². The summed E-state index contributed by atoms with van der Waals surface area (Å²) in [5, 5.41) is 11.5. The van der Waals surface area contributed by atoms with Crippen molar-refractivity contribution >= 4 is 11.6 Å². The molecule has 0 unspecified atom stereocenters. The van der Waals surface area contributed by atoms with Gasteiger partial charge in [-0.15, -0.1) is 10.2 Å². The number of rotatable bonds is 4. The fourth-order valence-electron chi connectivity index (χ4n) is 3.83. The molecule has 6 rings (SSSR count). The second kappa shape index (κ2) is 5.84. The quantitative estimate of drug-likeness (QED) is 0.577. The summed E-state index contributed by atoms with van der Waals surface area (Å²) in [6.45, 7) is 2.22. The molecule has 0 spiro atoms. The number of allylic oxidation sites excluding steroid dienone is 2.